The highest BCUT2D eigenvalue weighted by Crippen LogP contribution is 2.34. The molecular formula is C16H15BrF3N. The molecule has 0 aliphatic carbocycles. The summed E-state index contributed by atoms with van der Waals surface area (Å²) in [5.41, 5.74) is 6.91. The second kappa shape index (κ2) is 5.46. The minimum Gasteiger partial charge on any atom is -0.318 e. The third-order valence-electron chi connectivity index (χ3n) is 3.56. The molecule has 2 aromatic rings. The molecule has 0 radical (unpaired) electrons. The van der Waals surface area contributed by atoms with Gasteiger partial charge in [0.2, 0.25) is 0 Å². The maximum absolute atomic E-state index is 12.7. The zero-order valence-electron chi connectivity index (χ0n) is 11.6. The van der Waals surface area contributed by atoms with E-state index in [1.165, 1.54) is 6.07 Å². The van der Waals surface area contributed by atoms with Crippen LogP contribution in [0, 0.1) is 6.92 Å². The highest BCUT2D eigenvalue weighted by atomic mass is 79.9. The van der Waals surface area contributed by atoms with Gasteiger partial charge in [-0.15, -0.1) is 0 Å². The summed E-state index contributed by atoms with van der Waals surface area (Å²) in [5.74, 6) is 0. The molecule has 0 bridgehead atoms. The van der Waals surface area contributed by atoms with E-state index in [4.69, 9.17) is 5.73 Å². The second-order valence-electron chi connectivity index (χ2n) is 5.24. The van der Waals surface area contributed by atoms with Crippen LogP contribution in [-0.2, 0) is 11.7 Å². The van der Waals surface area contributed by atoms with Gasteiger partial charge >= 0.3 is 6.18 Å². The summed E-state index contributed by atoms with van der Waals surface area (Å²) in [6.45, 7) is 3.44. The second-order valence-corrected chi connectivity index (χ2v) is 6.15. The topological polar surface area (TPSA) is 26.0 Å². The molecule has 0 aliphatic rings. The Hall–Kier alpha value is -1.33. The van der Waals surface area contributed by atoms with Gasteiger partial charge in [-0.05, 0) is 54.8 Å². The van der Waals surface area contributed by atoms with Crippen molar-refractivity contribution in [1.82, 2.24) is 0 Å². The first kappa shape index (κ1) is 16.0. The summed E-state index contributed by atoms with van der Waals surface area (Å²) >= 11 is 3.35. The van der Waals surface area contributed by atoms with Crippen molar-refractivity contribution >= 4 is 15.9 Å². The number of nitrogens with two attached hydrogens (primary N) is 1. The normalized spacial score (nSPS) is 14.8. The van der Waals surface area contributed by atoms with Gasteiger partial charge in [-0.25, -0.2) is 0 Å². The Bertz CT molecular complexity index is 646. The van der Waals surface area contributed by atoms with Gasteiger partial charge in [0, 0.05) is 4.47 Å². The van der Waals surface area contributed by atoms with Crippen molar-refractivity contribution in [3.63, 3.8) is 0 Å². The van der Waals surface area contributed by atoms with Gasteiger partial charge in [0.1, 0.15) is 0 Å². The largest absolute Gasteiger partial charge is 0.416 e. The number of alkyl halides is 3. The summed E-state index contributed by atoms with van der Waals surface area (Å²) in [6, 6.07) is 11.1. The van der Waals surface area contributed by atoms with Crippen molar-refractivity contribution < 1.29 is 13.2 Å². The maximum atomic E-state index is 12.7. The van der Waals surface area contributed by atoms with Crippen molar-refractivity contribution in [2.24, 2.45) is 5.73 Å². The Morgan fingerprint density at radius 1 is 0.952 bits per heavy atom. The first-order valence-corrected chi connectivity index (χ1v) is 7.15. The fraction of sp³-hybridized carbons (Fsp3) is 0.250. The van der Waals surface area contributed by atoms with Gasteiger partial charge in [-0.1, -0.05) is 34.1 Å². The molecule has 5 heteroatoms. The predicted molar refractivity (Wildman–Crippen MR) is 81.0 cm³/mol. The third-order valence-corrected chi connectivity index (χ3v) is 4.09. The summed E-state index contributed by atoms with van der Waals surface area (Å²) in [6.07, 6.45) is -4.34. The van der Waals surface area contributed by atoms with Crippen molar-refractivity contribution in [1.29, 1.82) is 0 Å². The first-order valence-electron chi connectivity index (χ1n) is 6.35. The zero-order valence-corrected chi connectivity index (χ0v) is 13.2. The summed E-state index contributed by atoms with van der Waals surface area (Å²) in [5, 5.41) is 0. The average Bonchev–Trinajstić information content (AvgIpc) is 2.37. The Kier molecular flexibility index (Phi) is 4.17. The summed E-state index contributed by atoms with van der Waals surface area (Å²) < 4.78 is 39.1. The number of hydrogen-bond acceptors (Lipinski definition) is 1. The molecule has 1 atom stereocenters. The monoisotopic (exact) mass is 357 g/mol. The van der Waals surface area contributed by atoms with E-state index in [1.54, 1.807) is 13.8 Å². The molecule has 0 amide bonds. The Morgan fingerprint density at radius 3 is 1.95 bits per heavy atom. The van der Waals surface area contributed by atoms with Crippen molar-refractivity contribution in [3.8, 4) is 0 Å². The fourth-order valence-electron chi connectivity index (χ4n) is 2.37. The molecule has 2 aromatic carbocycles. The van der Waals surface area contributed by atoms with E-state index in [9.17, 15) is 13.2 Å². The molecule has 0 saturated heterocycles. The summed E-state index contributed by atoms with van der Waals surface area (Å²) in [7, 11) is 0. The lowest BCUT2D eigenvalue weighted by Crippen LogP contribution is -2.35. The predicted octanol–water partition coefficient (Wildman–Crippen LogP) is 5.00. The number of benzene rings is 2. The van der Waals surface area contributed by atoms with Crippen LogP contribution in [0.3, 0.4) is 0 Å². The molecule has 21 heavy (non-hydrogen) atoms. The number of hydrogen-bond donors (Lipinski definition) is 1. The van der Waals surface area contributed by atoms with Gasteiger partial charge in [-0.2, -0.15) is 13.2 Å². The Labute approximate surface area is 130 Å². The van der Waals surface area contributed by atoms with Gasteiger partial charge < -0.3 is 5.73 Å². The van der Waals surface area contributed by atoms with Gasteiger partial charge in [0.05, 0.1) is 11.1 Å². The highest BCUT2D eigenvalue weighted by molar-refractivity contribution is 9.10. The van der Waals surface area contributed by atoms with E-state index in [2.05, 4.69) is 15.9 Å². The molecule has 0 saturated carbocycles. The molecule has 0 aromatic heterocycles. The quantitative estimate of drug-likeness (QED) is 0.804. The SMILES string of the molecule is Cc1cc(C(F)(F)F)ccc1C(C)(N)c1ccc(Br)cc1. The lowest BCUT2D eigenvalue weighted by Gasteiger charge is -2.28. The molecule has 0 fully saturated rings. The van der Waals surface area contributed by atoms with Gasteiger partial charge in [0.25, 0.3) is 0 Å². The van der Waals surface area contributed by atoms with E-state index in [0.717, 1.165) is 22.2 Å². The van der Waals surface area contributed by atoms with E-state index in [0.29, 0.717) is 11.1 Å². The van der Waals surface area contributed by atoms with Crippen molar-refractivity contribution in [2.45, 2.75) is 25.6 Å². The van der Waals surface area contributed by atoms with Crippen LogP contribution >= 0.6 is 15.9 Å². The molecule has 1 nitrogen and oxygen atoms in total. The smallest absolute Gasteiger partial charge is 0.318 e. The molecule has 1 unspecified atom stereocenters. The van der Waals surface area contributed by atoms with Crippen LogP contribution in [0.1, 0.15) is 29.2 Å². The van der Waals surface area contributed by atoms with Crippen LogP contribution in [0.25, 0.3) is 0 Å². The molecule has 112 valence electrons. The van der Waals surface area contributed by atoms with E-state index >= 15 is 0 Å². The minimum atomic E-state index is -4.34. The molecule has 2 N–H and O–H groups in total. The molecule has 2 rings (SSSR count). The lowest BCUT2D eigenvalue weighted by atomic mass is 9.83. The van der Waals surface area contributed by atoms with Gasteiger partial charge in [-0.3, -0.25) is 0 Å². The Balaban J connectivity index is 2.47. The zero-order chi connectivity index (χ0) is 15.8. The first-order chi connectivity index (χ1) is 9.62. The van der Waals surface area contributed by atoms with Crippen LogP contribution in [0.5, 0.6) is 0 Å². The van der Waals surface area contributed by atoms with Gasteiger partial charge in [0.15, 0.2) is 0 Å². The summed E-state index contributed by atoms with van der Waals surface area (Å²) in [4.78, 5) is 0. The van der Waals surface area contributed by atoms with Crippen molar-refractivity contribution in [2.75, 3.05) is 0 Å². The van der Waals surface area contributed by atoms with E-state index in [1.807, 2.05) is 24.3 Å². The molecule has 0 heterocycles. The average molecular weight is 358 g/mol. The van der Waals surface area contributed by atoms with Crippen molar-refractivity contribution in [3.05, 3.63) is 69.2 Å². The maximum Gasteiger partial charge on any atom is 0.416 e. The fourth-order valence-corrected chi connectivity index (χ4v) is 2.64. The van der Waals surface area contributed by atoms with Crippen LogP contribution in [0.15, 0.2) is 46.9 Å². The number of halogens is 4. The number of aryl methyl sites for hydroxylation is 1. The number of rotatable bonds is 2. The van der Waals surface area contributed by atoms with E-state index in [-0.39, 0.29) is 0 Å². The van der Waals surface area contributed by atoms with Crippen LogP contribution in [-0.4, -0.2) is 0 Å². The minimum absolute atomic E-state index is 0.526. The van der Waals surface area contributed by atoms with E-state index < -0.39 is 17.3 Å². The molecule has 0 aliphatic heterocycles. The third kappa shape index (κ3) is 3.30. The lowest BCUT2D eigenvalue weighted by molar-refractivity contribution is -0.137. The Morgan fingerprint density at radius 2 is 1.48 bits per heavy atom. The van der Waals surface area contributed by atoms with Crippen LogP contribution in [0.4, 0.5) is 13.2 Å². The molecule has 0 spiro atoms. The highest BCUT2D eigenvalue weighted by Gasteiger charge is 2.32. The van der Waals surface area contributed by atoms with Crippen LogP contribution in [0.2, 0.25) is 0 Å². The standard InChI is InChI=1S/C16H15BrF3N/c1-10-9-12(16(18,19)20)5-8-14(10)15(2,21)11-3-6-13(17)7-4-11/h3-9H,21H2,1-2H3. The van der Waals surface area contributed by atoms with Crippen LogP contribution < -0.4 is 5.73 Å². The molecular weight excluding hydrogens is 343 g/mol.